The summed E-state index contributed by atoms with van der Waals surface area (Å²) in [4.78, 5) is 10.1. The molecule has 13 heavy (non-hydrogen) atoms. The zero-order chi connectivity index (χ0) is 9.35. The van der Waals surface area contributed by atoms with E-state index in [0.29, 0.717) is 12.3 Å². The zero-order valence-corrected chi connectivity index (χ0v) is 5.55. The van der Waals surface area contributed by atoms with E-state index in [1.54, 1.807) is 0 Å². The van der Waals surface area contributed by atoms with Crippen LogP contribution in [0.3, 0.4) is 0 Å². The van der Waals surface area contributed by atoms with Gasteiger partial charge in [0.05, 0.1) is 5.56 Å². The van der Waals surface area contributed by atoms with E-state index in [1.807, 2.05) is 0 Å². The molecule has 0 aliphatic carbocycles. The van der Waals surface area contributed by atoms with E-state index >= 15 is 0 Å². The summed E-state index contributed by atoms with van der Waals surface area (Å²) in [5, 5.41) is 8.20. The Balaban J connectivity index is 0.00000144. The average Bonchev–Trinajstić information content (AvgIpc) is 2.30. The van der Waals surface area contributed by atoms with Crippen LogP contribution in [0.25, 0.3) is 0 Å². The molecule has 0 aromatic carbocycles. The number of aromatic carboxylic acids is 1. The first-order chi connectivity index (χ1) is 5.41. The van der Waals surface area contributed by atoms with Crippen molar-refractivity contribution in [2.45, 2.75) is 6.18 Å². The van der Waals surface area contributed by atoms with E-state index in [0.717, 1.165) is 0 Å². The molecule has 0 bridgehead atoms. The summed E-state index contributed by atoms with van der Waals surface area (Å²) < 4.78 is 39.6. The number of carbonyl (C=O) groups is 1. The number of halogens is 3. The third-order valence-electron chi connectivity index (χ3n) is 1.14. The summed E-state index contributed by atoms with van der Waals surface area (Å²) in [6.45, 7) is 0. The molecule has 1 aromatic rings. The van der Waals surface area contributed by atoms with Gasteiger partial charge in [-0.2, -0.15) is 13.2 Å². The van der Waals surface area contributed by atoms with Crippen LogP contribution in [0.4, 0.5) is 13.2 Å². The monoisotopic (exact) mass is 188 g/mol. The zero-order valence-electron chi connectivity index (χ0n) is 5.55. The average molecular weight is 188 g/mol. The molecule has 7 heteroatoms. The number of hydrogen-bond acceptors (Lipinski definition) is 2. The van der Waals surface area contributed by atoms with Crippen molar-refractivity contribution in [2.24, 2.45) is 0 Å². The van der Waals surface area contributed by atoms with Gasteiger partial charge in [0.25, 0.3) is 0 Å². The molecule has 0 unspecified atom stereocenters. The van der Waals surface area contributed by atoms with Crippen molar-refractivity contribution >= 4 is 24.8 Å². The molecule has 1 aromatic heterocycles. The fourth-order valence-electron chi connectivity index (χ4n) is 0.597. The molecule has 1 rings (SSSR count). The van der Waals surface area contributed by atoms with Gasteiger partial charge in [0.1, 0.15) is 6.26 Å². The predicted molar refractivity (Wildman–Crippen MR) is 37.8 cm³/mol. The maximum absolute atomic E-state index is 11.8. The Morgan fingerprint density at radius 1 is 1.46 bits per heavy atom. The maximum atomic E-state index is 11.8. The minimum atomic E-state index is -4.56. The molecule has 0 radical (unpaired) electrons. The van der Waals surface area contributed by atoms with E-state index in [2.05, 4.69) is 4.42 Å². The van der Waals surface area contributed by atoms with Gasteiger partial charge in [-0.3, -0.25) is 0 Å². The molecule has 0 aliphatic heterocycles. The molecule has 0 atom stereocenters. The Morgan fingerprint density at radius 3 is 2.23 bits per heavy atom. The van der Waals surface area contributed by atoms with Gasteiger partial charge in [-0.25, -0.2) is 4.79 Å². The van der Waals surface area contributed by atoms with Crippen LogP contribution in [0, 0.1) is 0 Å². The third-order valence-corrected chi connectivity index (χ3v) is 1.14. The summed E-state index contributed by atoms with van der Waals surface area (Å²) in [6, 6.07) is 0.433. The molecule has 3 nitrogen and oxygen atoms in total. The van der Waals surface area contributed by atoms with Gasteiger partial charge in [-0.05, 0) is 0 Å². The van der Waals surface area contributed by atoms with E-state index in [-0.39, 0.29) is 18.9 Å². The van der Waals surface area contributed by atoms with Crippen molar-refractivity contribution in [2.75, 3.05) is 0 Å². The Morgan fingerprint density at radius 2 is 2.00 bits per heavy atom. The van der Waals surface area contributed by atoms with E-state index in [9.17, 15) is 18.0 Å². The fourth-order valence-corrected chi connectivity index (χ4v) is 0.597. The SMILES string of the molecule is O=C(O)c1cc(C(F)(F)F)co1.[LiH]. The van der Waals surface area contributed by atoms with Crippen LogP contribution in [0.1, 0.15) is 16.1 Å². The summed E-state index contributed by atoms with van der Waals surface area (Å²) in [5.41, 5.74) is -1.10. The third kappa shape index (κ3) is 2.83. The van der Waals surface area contributed by atoms with E-state index < -0.39 is 23.5 Å². The van der Waals surface area contributed by atoms with Crippen molar-refractivity contribution < 1.29 is 27.5 Å². The number of alkyl halides is 3. The first-order valence-corrected chi connectivity index (χ1v) is 2.80. The van der Waals surface area contributed by atoms with Crippen LogP contribution in [0.5, 0.6) is 0 Å². The molecule has 68 valence electrons. The van der Waals surface area contributed by atoms with Crippen molar-refractivity contribution in [3.63, 3.8) is 0 Å². The second-order valence-corrected chi connectivity index (χ2v) is 2.00. The van der Waals surface area contributed by atoms with Crippen molar-refractivity contribution in [3.8, 4) is 0 Å². The van der Waals surface area contributed by atoms with Crippen LogP contribution in [0.2, 0.25) is 0 Å². The fraction of sp³-hybridized carbons (Fsp3) is 0.167. The Bertz CT molecular complexity index is 304. The Hall–Kier alpha value is -0.863. The van der Waals surface area contributed by atoms with Gasteiger partial charge in [0.15, 0.2) is 0 Å². The molecule has 1 heterocycles. The summed E-state index contributed by atoms with van der Waals surface area (Å²) in [6.07, 6.45) is -4.19. The van der Waals surface area contributed by atoms with Crippen LogP contribution >= 0.6 is 0 Å². The first-order valence-electron chi connectivity index (χ1n) is 2.80. The van der Waals surface area contributed by atoms with Crippen molar-refractivity contribution in [3.05, 3.63) is 23.7 Å². The molecule has 0 fully saturated rings. The summed E-state index contributed by atoms with van der Waals surface area (Å²) in [7, 11) is 0. The number of rotatable bonds is 1. The normalized spacial score (nSPS) is 10.7. The number of carboxylic acid groups (broad SMARTS) is 1. The van der Waals surface area contributed by atoms with Crippen LogP contribution in [0.15, 0.2) is 16.7 Å². The second-order valence-electron chi connectivity index (χ2n) is 2.00. The van der Waals surface area contributed by atoms with E-state index in [4.69, 9.17) is 5.11 Å². The molecular formula is C6H4F3LiO3. The van der Waals surface area contributed by atoms with Gasteiger partial charge < -0.3 is 9.52 Å². The molecular weight excluding hydrogens is 184 g/mol. The molecule has 0 saturated carbocycles. The van der Waals surface area contributed by atoms with Gasteiger partial charge in [-0.1, -0.05) is 0 Å². The van der Waals surface area contributed by atoms with Gasteiger partial charge >= 0.3 is 31.0 Å². The predicted octanol–water partition coefficient (Wildman–Crippen LogP) is 1.35. The first kappa shape index (κ1) is 12.1. The second kappa shape index (κ2) is 3.90. The van der Waals surface area contributed by atoms with Gasteiger partial charge in [0.2, 0.25) is 5.76 Å². The van der Waals surface area contributed by atoms with E-state index in [1.165, 1.54) is 0 Å². The Labute approximate surface area is 82.7 Å². The summed E-state index contributed by atoms with van der Waals surface area (Å²) in [5.74, 6) is -2.24. The molecule has 0 aliphatic rings. The number of hydrogen-bond donors (Lipinski definition) is 1. The Kier molecular flexibility index (Phi) is 3.64. The van der Waals surface area contributed by atoms with Gasteiger partial charge in [-0.15, -0.1) is 0 Å². The quantitative estimate of drug-likeness (QED) is 0.676. The van der Waals surface area contributed by atoms with Crippen LogP contribution < -0.4 is 0 Å². The van der Waals surface area contributed by atoms with Gasteiger partial charge in [0, 0.05) is 6.07 Å². The topological polar surface area (TPSA) is 50.4 Å². The molecule has 0 amide bonds. The number of carboxylic acids is 1. The van der Waals surface area contributed by atoms with Crippen molar-refractivity contribution in [1.29, 1.82) is 0 Å². The van der Waals surface area contributed by atoms with Crippen molar-refractivity contribution in [1.82, 2.24) is 0 Å². The summed E-state index contributed by atoms with van der Waals surface area (Å²) >= 11 is 0. The van der Waals surface area contributed by atoms with Crippen LogP contribution in [-0.2, 0) is 6.18 Å². The molecule has 0 spiro atoms. The standard InChI is InChI=1S/C6H3F3O3.Li.H/c7-6(8,9)3-1-4(5(10)11)12-2-3;;/h1-2H,(H,10,11);;. The molecule has 1 N–H and O–H groups in total. The minimum absolute atomic E-state index is 0. The van der Waals surface area contributed by atoms with Crippen LogP contribution in [-0.4, -0.2) is 29.9 Å². The number of furan rings is 1. The molecule has 0 saturated heterocycles.